The van der Waals surface area contributed by atoms with Crippen LogP contribution in [0.3, 0.4) is 0 Å². The third kappa shape index (κ3) is 1.25. The average molecular weight is 243 g/mol. The zero-order chi connectivity index (χ0) is 6.55. The SMILES string of the molecule is C1N2CN3CN1CN(C2)C3.[Rh]. The maximum atomic E-state index is 2.47. The van der Waals surface area contributed by atoms with Gasteiger partial charge in [-0.05, 0) is 0 Å². The number of rotatable bonds is 0. The summed E-state index contributed by atoms with van der Waals surface area (Å²) < 4.78 is 0. The molecule has 0 spiro atoms. The molecule has 4 heterocycles. The fourth-order valence-electron chi connectivity index (χ4n) is 2.23. The van der Waals surface area contributed by atoms with Crippen LogP contribution in [-0.2, 0) is 19.5 Å². The first-order valence-electron chi connectivity index (χ1n) is 3.79. The van der Waals surface area contributed by atoms with E-state index in [4.69, 9.17) is 0 Å². The van der Waals surface area contributed by atoms with Crippen molar-refractivity contribution >= 4 is 0 Å². The predicted molar refractivity (Wildman–Crippen MR) is 36.6 cm³/mol. The van der Waals surface area contributed by atoms with E-state index >= 15 is 0 Å². The Morgan fingerprint density at radius 3 is 0.818 bits per heavy atom. The smallest absolute Gasteiger partial charge is 0.0555 e. The summed E-state index contributed by atoms with van der Waals surface area (Å²) in [5.74, 6) is 0. The Kier molecular flexibility index (Phi) is 2.02. The third-order valence-corrected chi connectivity index (χ3v) is 2.40. The van der Waals surface area contributed by atoms with Crippen molar-refractivity contribution in [2.45, 2.75) is 0 Å². The molecule has 4 nitrogen and oxygen atoms in total. The minimum atomic E-state index is 0. The molecule has 0 unspecified atom stereocenters. The van der Waals surface area contributed by atoms with Crippen molar-refractivity contribution in [3.63, 3.8) is 0 Å². The summed E-state index contributed by atoms with van der Waals surface area (Å²) in [7, 11) is 0. The van der Waals surface area contributed by atoms with Crippen LogP contribution in [0.25, 0.3) is 0 Å². The number of hydrogen-bond donors (Lipinski definition) is 0. The molecule has 4 aliphatic heterocycles. The minimum Gasteiger partial charge on any atom is -0.264 e. The van der Waals surface area contributed by atoms with Gasteiger partial charge in [0.15, 0.2) is 0 Å². The molecule has 65 valence electrons. The second-order valence-electron chi connectivity index (χ2n) is 3.53. The van der Waals surface area contributed by atoms with Gasteiger partial charge in [0.25, 0.3) is 0 Å². The second kappa shape index (κ2) is 2.75. The second-order valence-corrected chi connectivity index (χ2v) is 3.53. The fraction of sp³-hybridized carbons (Fsp3) is 1.00. The van der Waals surface area contributed by atoms with Gasteiger partial charge in [0.05, 0.1) is 40.0 Å². The molecule has 0 aromatic heterocycles. The first-order valence-corrected chi connectivity index (χ1v) is 3.79. The van der Waals surface area contributed by atoms with Crippen LogP contribution in [0.4, 0.5) is 0 Å². The van der Waals surface area contributed by atoms with Gasteiger partial charge in [-0.1, -0.05) is 0 Å². The summed E-state index contributed by atoms with van der Waals surface area (Å²) in [6.07, 6.45) is 0. The summed E-state index contributed by atoms with van der Waals surface area (Å²) >= 11 is 0. The van der Waals surface area contributed by atoms with Gasteiger partial charge in [-0.3, -0.25) is 19.6 Å². The standard InChI is InChI=1S/C6H12N4.Rh/c1-7-2-9-4-8(1)5-10(3-7)6-9;/h1-6H2;. The topological polar surface area (TPSA) is 13.0 Å². The molecule has 4 rings (SSSR count). The van der Waals surface area contributed by atoms with Gasteiger partial charge in [0.1, 0.15) is 0 Å². The van der Waals surface area contributed by atoms with Crippen molar-refractivity contribution in [3.8, 4) is 0 Å². The molecular weight excluding hydrogens is 231 g/mol. The summed E-state index contributed by atoms with van der Waals surface area (Å²) in [6, 6.07) is 0. The monoisotopic (exact) mass is 243 g/mol. The van der Waals surface area contributed by atoms with Crippen molar-refractivity contribution in [3.05, 3.63) is 0 Å². The van der Waals surface area contributed by atoms with E-state index in [2.05, 4.69) is 19.6 Å². The predicted octanol–water partition coefficient (Wildman–Crippen LogP) is -1.02. The molecule has 0 aliphatic carbocycles. The Morgan fingerprint density at radius 2 is 0.636 bits per heavy atom. The van der Waals surface area contributed by atoms with Crippen LogP contribution < -0.4 is 0 Å². The molecule has 0 N–H and O–H groups in total. The van der Waals surface area contributed by atoms with E-state index in [1.165, 1.54) is 40.0 Å². The third-order valence-electron chi connectivity index (χ3n) is 2.40. The maximum absolute atomic E-state index is 2.47. The molecule has 4 saturated heterocycles. The molecule has 4 fully saturated rings. The van der Waals surface area contributed by atoms with Crippen LogP contribution in [0.2, 0.25) is 0 Å². The Balaban J connectivity index is 0.000000480. The zero-order valence-corrected chi connectivity index (χ0v) is 8.00. The molecular formula is C6H12N4Rh. The Hall–Kier alpha value is 0.463. The van der Waals surface area contributed by atoms with Crippen LogP contribution in [0.1, 0.15) is 0 Å². The van der Waals surface area contributed by atoms with E-state index in [1.54, 1.807) is 0 Å². The van der Waals surface area contributed by atoms with E-state index < -0.39 is 0 Å². The van der Waals surface area contributed by atoms with Crippen molar-refractivity contribution in [2.75, 3.05) is 40.0 Å². The largest absolute Gasteiger partial charge is 0.264 e. The van der Waals surface area contributed by atoms with Crippen molar-refractivity contribution in [1.29, 1.82) is 0 Å². The van der Waals surface area contributed by atoms with E-state index in [1.807, 2.05) is 0 Å². The summed E-state index contributed by atoms with van der Waals surface area (Å²) in [5, 5.41) is 0. The van der Waals surface area contributed by atoms with E-state index in [0.29, 0.717) is 0 Å². The van der Waals surface area contributed by atoms with Crippen LogP contribution >= 0.6 is 0 Å². The van der Waals surface area contributed by atoms with Gasteiger partial charge < -0.3 is 0 Å². The zero-order valence-electron chi connectivity index (χ0n) is 6.36. The van der Waals surface area contributed by atoms with Gasteiger partial charge in [-0.25, -0.2) is 0 Å². The van der Waals surface area contributed by atoms with Gasteiger partial charge in [0, 0.05) is 19.5 Å². The van der Waals surface area contributed by atoms with Gasteiger partial charge in [-0.15, -0.1) is 0 Å². The van der Waals surface area contributed by atoms with E-state index in [9.17, 15) is 0 Å². The first-order chi connectivity index (χ1) is 4.90. The Labute approximate surface area is 79.5 Å². The summed E-state index contributed by atoms with van der Waals surface area (Å²) in [4.78, 5) is 9.88. The first kappa shape index (κ1) is 8.08. The fourth-order valence-corrected chi connectivity index (χ4v) is 2.23. The molecule has 4 aliphatic rings. The van der Waals surface area contributed by atoms with Crippen molar-refractivity contribution in [1.82, 2.24) is 19.6 Å². The number of hydrogen-bond acceptors (Lipinski definition) is 4. The molecule has 0 aromatic rings. The Bertz CT molecular complexity index is 106. The van der Waals surface area contributed by atoms with Crippen molar-refractivity contribution < 1.29 is 19.5 Å². The molecule has 0 aromatic carbocycles. The molecule has 0 atom stereocenters. The van der Waals surface area contributed by atoms with E-state index in [0.717, 1.165) is 0 Å². The van der Waals surface area contributed by atoms with Crippen molar-refractivity contribution in [2.24, 2.45) is 0 Å². The molecule has 0 amide bonds. The van der Waals surface area contributed by atoms with Gasteiger partial charge >= 0.3 is 0 Å². The normalized spacial score (nSPS) is 52.4. The molecule has 1 radical (unpaired) electrons. The molecule has 0 saturated carbocycles. The molecule has 11 heavy (non-hydrogen) atoms. The van der Waals surface area contributed by atoms with Gasteiger partial charge in [-0.2, -0.15) is 0 Å². The summed E-state index contributed by atoms with van der Waals surface area (Å²) in [6.45, 7) is 7.12. The molecule has 5 heteroatoms. The van der Waals surface area contributed by atoms with Crippen LogP contribution in [0, 0.1) is 0 Å². The molecule has 4 bridgehead atoms. The Morgan fingerprint density at radius 1 is 0.455 bits per heavy atom. The van der Waals surface area contributed by atoms with E-state index in [-0.39, 0.29) is 19.5 Å². The number of nitrogens with zero attached hydrogens (tertiary/aromatic N) is 4. The summed E-state index contributed by atoms with van der Waals surface area (Å²) in [5.41, 5.74) is 0. The van der Waals surface area contributed by atoms with Crippen LogP contribution in [-0.4, -0.2) is 59.6 Å². The van der Waals surface area contributed by atoms with Gasteiger partial charge in [0.2, 0.25) is 0 Å². The minimum absolute atomic E-state index is 0. The van der Waals surface area contributed by atoms with Crippen LogP contribution in [0.5, 0.6) is 0 Å². The average Bonchev–Trinajstić information content (AvgIpc) is 1.82. The van der Waals surface area contributed by atoms with Crippen LogP contribution in [0.15, 0.2) is 0 Å². The quantitative estimate of drug-likeness (QED) is 0.505. The maximum Gasteiger partial charge on any atom is 0.0555 e.